The van der Waals surface area contributed by atoms with Crippen LogP contribution >= 0.6 is 0 Å². The van der Waals surface area contributed by atoms with E-state index in [4.69, 9.17) is 0 Å². The van der Waals surface area contributed by atoms with E-state index in [1.807, 2.05) is 0 Å². The highest BCUT2D eigenvalue weighted by atomic mass is 19.2. The summed E-state index contributed by atoms with van der Waals surface area (Å²) in [5, 5.41) is 10.4. The van der Waals surface area contributed by atoms with E-state index in [2.05, 4.69) is 0 Å². The predicted molar refractivity (Wildman–Crippen MR) is 84.5 cm³/mol. The van der Waals surface area contributed by atoms with Crippen LogP contribution in [0, 0.1) is 46.3 Å². The van der Waals surface area contributed by atoms with Gasteiger partial charge in [-0.3, -0.25) is 4.79 Å². The van der Waals surface area contributed by atoms with Crippen LogP contribution in [0.2, 0.25) is 0 Å². The summed E-state index contributed by atoms with van der Waals surface area (Å²) in [7, 11) is 0. The summed E-state index contributed by atoms with van der Waals surface area (Å²) in [6.45, 7) is 3.17. The summed E-state index contributed by atoms with van der Waals surface area (Å²) in [4.78, 5) is 12.6. The van der Waals surface area contributed by atoms with Gasteiger partial charge in [-0.05, 0) is 25.2 Å². The maximum atomic E-state index is 15.0. The number of aliphatic hydroxyl groups is 1. The second-order valence-corrected chi connectivity index (χ2v) is 7.63. The average molecular weight is 392 g/mol. The lowest BCUT2D eigenvalue weighted by atomic mass is 9.54. The molecule has 2 aliphatic rings. The zero-order valence-electron chi connectivity index (χ0n) is 14.7. The zero-order valence-corrected chi connectivity index (χ0v) is 14.7. The molecular weight excluding hydrogens is 374 g/mol. The Balaban J connectivity index is 2.20. The van der Waals surface area contributed by atoms with Crippen molar-refractivity contribution < 1.29 is 36.2 Å². The number of hydrogen-bond acceptors (Lipinski definition) is 2. The van der Waals surface area contributed by atoms with Gasteiger partial charge in [0.1, 0.15) is 5.83 Å². The molecule has 0 spiro atoms. The lowest BCUT2D eigenvalue weighted by Crippen LogP contribution is -2.51. The first kappa shape index (κ1) is 19.9. The van der Waals surface area contributed by atoms with Gasteiger partial charge in [-0.1, -0.05) is 20.3 Å². The van der Waals surface area contributed by atoms with Gasteiger partial charge in [-0.15, -0.1) is 0 Å². The number of fused-ring (bicyclic) bond motifs is 1. The van der Waals surface area contributed by atoms with Crippen molar-refractivity contribution in [2.75, 3.05) is 0 Å². The summed E-state index contributed by atoms with van der Waals surface area (Å²) in [6, 6.07) is 0. The standard InChI is InChI=1S/C19H18F6O2/c1-7-9-4-3-5-10(26)19(9,2)6-8(18(7)27)12(20)11-13(21)15(23)17(25)16(24)14(11)22/h7,9-10,26H,3-6H2,1-2H3/b12-8+/t7?,9?,10-,19-/m0/s1. The van der Waals surface area contributed by atoms with Crippen LogP contribution in [-0.4, -0.2) is 17.0 Å². The van der Waals surface area contributed by atoms with E-state index in [0.29, 0.717) is 19.3 Å². The van der Waals surface area contributed by atoms with Crippen molar-refractivity contribution in [3.63, 3.8) is 0 Å². The number of aliphatic hydroxyl groups excluding tert-OH is 1. The van der Waals surface area contributed by atoms with E-state index in [1.54, 1.807) is 6.92 Å². The molecule has 2 fully saturated rings. The fourth-order valence-corrected chi connectivity index (χ4v) is 4.57. The normalized spacial score (nSPS) is 33.1. The van der Waals surface area contributed by atoms with E-state index < -0.39 is 69.3 Å². The van der Waals surface area contributed by atoms with E-state index in [0.717, 1.165) is 0 Å². The molecule has 4 atom stereocenters. The minimum Gasteiger partial charge on any atom is -0.393 e. The zero-order chi connectivity index (χ0) is 20.3. The second kappa shape index (κ2) is 6.65. The highest BCUT2D eigenvalue weighted by Crippen LogP contribution is 2.54. The molecule has 2 saturated carbocycles. The molecule has 8 heteroatoms. The molecule has 27 heavy (non-hydrogen) atoms. The second-order valence-electron chi connectivity index (χ2n) is 7.63. The molecule has 1 aromatic rings. The third-order valence-electron chi connectivity index (χ3n) is 6.17. The molecule has 1 N–H and O–H groups in total. The number of hydrogen-bond donors (Lipinski definition) is 1. The number of rotatable bonds is 1. The van der Waals surface area contributed by atoms with Gasteiger partial charge in [-0.25, -0.2) is 26.3 Å². The lowest BCUT2D eigenvalue weighted by Gasteiger charge is -2.51. The van der Waals surface area contributed by atoms with E-state index >= 15 is 0 Å². The Morgan fingerprint density at radius 2 is 1.52 bits per heavy atom. The summed E-state index contributed by atoms with van der Waals surface area (Å²) < 4.78 is 83.0. The van der Waals surface area contributed by atoms with E-state index in [9.17, 15) is 36.2 Å². The lowest BCUT2D eigenvalue weighted by molar-refractivity contribution is -0.133. The molecule has 2 nitrogen and oxygen atoms in total. The molecule has 2 aliphatic carbocycles. The number of halogens is 6. The molecule has 0 radical (unpaired) electrons. The van der Waals surface area contributed by atoms with Gasteiger partial charge in [0.05, 0.1) is 11.7 Å². The third kappa shape index (κ3) is 2.80. The van der Waals surface area contributed by atoms with Crippen molar-refractivity contribution >= 4 is 11.6 Å². The molecule has 0 heterocycles. The molecule has 0 aliphatic heterocycles. The minimum absolute atomic E-state index is 0.262. The summed E-state index contributed by atoms with van der Waals surface area (Å²) in [6.07, 6.45) is 0.514. The van der Waals surface area contributed by atoms with Gasteiger partial charge in [-0.2, -0.15) is 0 Å². The van der Waals surface area contributed by atoms with Gasteiger partial charge < -0.3 is 5.11 Å². The molecule has 3 rings (SSSR count). The van der Waals surface area contributed by atoms with Gasteiger partial charge in [0.2, 0.25) is 5.82 Å². The molecule has 148 valence electrons. The van der Waals surface area contributed by atoms with Gasteiger partial charge in [0.25, 0.3) is 0 Å². The van der Waals surface area contributed by atoms with Crippen LogP contribution in [0.1, 0.15) is 45.1 Å². The quantitative estimate of drug-likeness (QED) is 0.321. The Morgan fingerprint density at radius 1 is 1.00 bits per heavy atom. The molecule has 0 saturated heterocycles. The fraction of sp³-hybridized carbons (Fsp3) is 0.526. The summed E-state index contributed by atoms with van der Waals surface area (Å²) in [5.41, 5.74) is -3.32. The van der Waals surface area contributed by atoms with Crippen LogP contribution in [0.3, 0.4) is 0 Å². The molecule has 2 unspecified atom stereocenters. The van der Waals surface area contributed by atoms with E-state index in [-0.39, 0.29) is 12.3 Å². The highest BCUT2D eigenvalue weighted by molar-refractivity contribution is 6.03. The van der Waals surface area contributed by atoms with Crippen LogP contribution < -0.4 is 0 Å². The first-order valence-electron chi connectivity index (χ1n) is 8.65. The maximum absolute atomic E-state index is 15.0. The highest BCUT2D eigenvalue weighted by Gasteiger charge is 2.52. The van der Waals surface area contributed by atoms with Gasteiger partial charge >= 0.3 is 0 Å². The first-order chi connectivity index (χ1) is 12.5. The topological polar surface area (TPSA) is 37.3 Å². The minimum atomic E-state index is -2.40. The Hall–Kier alpha value is -1.83. The first-order valence-corrected chi connectivity index (χ1v) is 8.65. The van der Waals surface area contributed by atoms with Crippen LogP contribution in [0.5, 0.6) is 0 Å². The van der Waals surface area contributed by atoms with Crippen LogP contribution in [0.4, 0.5) is 26.3 Å². The monoisotopic (exact) mass is 392 g/mol. The van der Waals surface area contributed by atoms with Crippen molar-refractivity contribution in [1.29, 1.82) is 0 Å². The maximum Gasteiger partial charge on any atom is 0.200 e. The number of ketones is 1. The van der Waals surface area contributed by atoms with Gasteiger partial charge in [0, 0.05) is 16.9 Å². The average Bonchev–Trinajstić information content (AvgIpc) is 2.63. The molecular formula is C19H18F6O2. The number of carbonyl (C=O) groups excluding carboxylic acids is 1. The summed E-state index contributed by atoms with van der Waals surface area (Å²) in [5.74, 6) is -15.1. The van der Waals surface area contributed by atoms with Crippen molar-refractivity contribution in [3.8, 4) is 0 Å². The van der Waals surface area contributed by atoms with E-state index in [1.165, 1.54) is 6.92 Å². The third-order valence-corrected chi connectivity index (χ3v) is 6.17. The number of benzene rings is 1. The van der Waals surface area contributed by atoms with Crippen molar-refractivity contribution in [2.24, 2.45) is 17.3 Å². The molecule has 1 aromatic carbocycles. The fourth-order valence-electron chi connectivity index (χ4n) is 4.57. The van der Waals surface area contributed by atoms with Crippen molar-refractivity contribution in [3.05, 3.63) is 40.2 Å². The molecule has 0 bridgehead atoms. The SMILES string of the molecule is CC1C(=O)/C(=C(/F)c2c(F)c(F)c(F)c(F)c2F)C[C@@]2(C)C1CCC[C@@H]2O. The molecule has 0 aromatic heterocycles. The van der Waals surface area contributed by atoms with Crippen molar-refractivity contribution in [2.45, 2.75) is 45.6 Å². The Kier molecular flexibility index (Phi) is 4.91. The Morgan fingerprint density at radius 3 is 2.07 bits per heavy atom. The largest absolute Gasteiger partial charge is 0.393 e. The molecule has 0 amide bonds. The Labute approximate surface area is 151 Å². The van der Waals surface area contributed by atoms with Crippen molar-refractivity contribution in [1.82, 2.24) is 0 Å². The number of allylic oxidation sites excluding steroid dienone is 1. The Bertz CT molecular complexity index is 820. The van der Waals surface area contributed by atoms with Crippen LogP contribution in [0.15, 0.2) is 5.57 Å². The summed E-state index contributed by atoms with van der Waals surface area (Å²) >= 11 is 0. The smallest absolute Gasteiger partial charge is 0.200 e. The number of Topliss-reactive ketones (excluding diaryl/α,β-unsaturated/α-hetero) is 1. The predicted octanol–water partition coefficient (Wildman–Crippen LogP) is 4.84. The van der Waals surface area contributed by atoms with Crippen LogP contribution in [-0.2, 0) is 4.79 Å². The number of carbonyl (C=O) groups is 1. The van der Waals surface area contributed by atoms with Gasteiger partial charge in [0.15, 0.2) is 29.1 Å². The van der Waals surface area contributed by atoms with Crippen LogP contribution in [0.25, 0.3) is 5.83 Å².